The molecule has 0 aromatic carbocycles. The lowest BCUT2D eigenvalue weighted by molar-refractivity contribution is 0.165. The predicted molar refractivity (Wildman–Crippen MR) is 61.6 cm³/mol. The normalized spacial score (nSPS) is 12.8. The minimum absolute atomic E-state index is 0.0689. The summed E-state index contributed by atoms with van der Waals surface area (Å²) in [5.74, 6) is 0. The van der Waals surface area contributed by atoms with Gasteiger partial charge in [0.05, 0.1) is 12.3 Å². The molecule has 0 fully saturated rings. The van der Waals surface area contributed by atoms with Crippen molar-refractivity contribution in [2.45, 2.75) is 13.0 Å². The van der Waals surface area contributed by atoms with Crippen molar-refractivity contribution in [3.63, 3.8) is 0 Å². The third kappa shape index (κ3) is 3.87. The van der Waals surface area contributed by atoms with Crippen LogP contribution in [-0.2, 0) is 0 Å². The molecular weight excluding hydrogens is 260 g/mol. The zero-order chi connectivity index (χ0) is 11.3. The van der Waals surface area contributed by atoms with Crippen LogP contribution in [0.15, 0.2) is 16.7 Å². The first-order valence-corrected chi connectivity index (χ1v) is 5.56. The molecule has 0 saturated carbocycles. The molecular formula is C10H15BrN2O2. The SMILES string of the molecule is Cc1cc(Br)cnc1C(O)CNCCO. The molecule has 0 spiro atoms. The number of pyridine rings is 1. The van der Waals surface area contributed by atoms with E-state index in [4.69, 9.17) is 5.11 Å². The summed E-state index contributed by atoms with van der Waals surface area (Å²) in [5, 5.41) is 21.3. The zero-order valence-electron chi connectivity index (χ0n) is 8.57. The van der Waals surface area contributed by atoms with E-state index in [1.165, 1.54) is 0 Å². The molecule has 1 aromatic heterocycles. The van der Waals surface area contributed by atoms with E-state index < -0.39 is 6.10 Å². The molecule has 0 radical (unpaired) electrons. The number of hydrogen-bond donors (Lipinski definition) is 3. The van der Waals surface area contributed by atoms with Crippen molar-refractivity contribution in [1.29, 1.82) is 0 Å². The Morgan fingerprint density at radius 3 is 2.93 bits per heavy atom. The van der Waals surface area contributed by atoms with E-state index >= 15 is 0 Å². The van der Waals surface area contributed by atoms with Gasteiger partial charge in [-0.3, -0.25) is 4.98 Å². The van der Waals surface area contributed by atoms with Crippen molar-refractivity contribution in [2.24, 2.45) is 0 Å². The molecule has 15 heavy (non-hydrogen) atoms. The van der Waals surface area contributed by atoms with Gasteiger partial charge < -0.3 is 15.5 Å². The fourth-order valence-electron chi connectivity index (χ4n) is 1.31. The summed E-state index contributed by atoms with van der Waals surface area (Å²) >= 11 is 3.32. The number of aromatic nitrogens is 1. The van der Waals surface area contributed by atoms with E-state index in [1.54, 1.807) is 6.20 Å². The number of nitrogens with zero attached hydrogens (tertiary/aromatic N) is 1. The molecule has 84 valence electrons. The summed E-state index contributed by atoms with van der Waals surface area (Å²) in [5.41, 5.74) is 1.62. The zero-order valence-corrected chi connectivity index (χ0v) is 10.2. The number of aliphatic hydroxyl groups is 2. The third-order valence-corrected chi connectivity index (χ3v) is 2.46. The van der Waals surface area contributed by atoms with Crippen molar-refractivity contribution in [3.8, 4) is 0 Å². The number of aliphatic hydroxyl groups excluding tert-OH is 2. The fourth-order valence-corrected chi connectivity index (χ4v) is 1.76. The van der Waals surface area contributed by atoms with Gasteiger partial charge in [-0.05, 0) is 34.5 Å². The van der Waals surface area contributed by atoms with Gasteiger partial charge in [0.2, 0.25) is 0 Å². The van der Waals surface area contributed by atoms with E-state index in [9.17, 15) is 5.11 Å². The van der Waals surface area contributed by atoms with E-state index in [0.29, 0.717) is 18.8 Å². The van der Waals surface area contributed by atoms with Gasteiger partial charge in [0.25, 0.3) is 0 Å². The minimum atomic E-state index is -0.635. The summed E-state index contributed by atoms with van der Waals surface area (Å²) in [6.45, 7) is 2.85. The molecule has 1 unspecified atom stereocenters. The molecule has 0 amide bonds. The maximum Gasteiger partial charge on any atom is 0.109 e. The standard InChI is InChI=1S/C10H15BrN2O2/c1-7-4-8(11)5-13-10(7)9(15)6-12-2-3-14/h4-5,9,12,14-15H,2-3,6H2,1H3. The van der Waals surface area contributed by atoms with E-state index in [1.807, 2.05) is 13.0 Å². The maximum atomic E-state index is 9.80. The van der Waals surface area contributed by atoms with Crippen LogP contribution in [0, 0.1) is 6.92 Å². The Labute approximate surface area is 97.5 Å². The molecule has 3 N–H and O–H groups in total. The molecule has 0 aliphatic rings. The van der Waals surface area contributed by atoms with Crippen molar-refractivity contribution in [1.82, 2.24) is 10.3 Å². The Bertz CT molecular complexity index is 320. The Morgan fingerprint density at radius 2 is 2.33 bits per heavy atom. The Kier molecular flexibility index (Phi) is 5.17. The summed E-state index contributed by atoms with van der Waals surface area (Å²) in [7, 11) is 0. The second kappa shape index (κ2) is 6.17. The third-order valence-electron chi connectivity index (χ3n) is 2.03. The molecule has 5 heteroatoms. The quantitative estimate of drug-likeness (QED) is 0.694. The first-order valence-electron chi connectivity index (χ1n) is 4.77. The highest BCUT2D eigenvalue weighted by atomic mass is 79.9. The number of nitrogens with one attached hydrogen (secondary N) is 1. The van der Waals surface area contributed by atoms with Crippen LogP contribution in [-0.4, -0.2) is 34.9 Å². The van der Waals surface area contributed by atoms with Crippen molar-refractivity contribution in [3.05, 3.63) is 28.0 Å². The van der Waals surface area contributed by atoms with Crippen LogP contribution in [0.3, 0.4) is 0 Å². The van der Waals surface area contributed by atoms with E-state index in [-0.39, 0.29) is 6.61 Å². The van der Waals surface area contributed by atoms with Crippen LogP contribution in [0.2, 0.25) is 0 Å². The highest BCUT2D eigenvalue weighted by molar-refractivity contribution is 9.10. The largest absolute Gasteiger partial charge is 0.395 e. The van der Waals surface area contributed by atoms with Gasteiger partial charge in [0.15, 0.2) is 0 Å². The van der Waals surface area contributed by atoms with E-state index in [0.717, 1.165) is 10.0 Å². The predicted octanol–water partition coefficient (Wildman–Crippen LogP) is 0.768. The van der Waals surface area contributed by atoms with Gasteiger partial charge in [0.1, 0.15) is 6.10 Å². The topological polar surface area (TPSA) is 65.4 Å². The first-order chi connectivity index (χ1) is 7.15. The number of halogens is 1. The van der Waals surface area contributed by atoms with E-state index in [2.05, 4.69) is 26.2 Å². The van der Waals surface area contributed by atoms with Gasteiger partial charge in [-0.25, -0.2) is 0 Å². The van der Waals surface area contributed by atoms with Crippen LogP contribution in [0.1, 0.15) is 17.4 Å². The Balaban J connectivity index is 2.61. The van der Waals surface area contributed by atoms with Crippen LogP contribution < -0.4 is 5.32 Å². The molecule has 1 atom stereocenters. The molecule has 4 nitrogen and oxygen atoms in total. The maximum absolute atomic E-state index is 9.80. The summed E-state index contributed by atoms with van der Waals surface area (Å²) in [6.07, 6.45) is 1.03. The second-order valence-electron chi connectivity index (χ2n) is 3.30. The average molecular weight is 275 g/mol. The lowest BCUT2D eigenvalue weighted by Gasteiger charge is -2.13. The lowest BCUT2D eigenvalue weighted by atomic mass is 10.1. The summed E-state index contributed by atoms with van der Waals surface area (Å²) in [6, 6.07) is 1.91. The fraction of sp³-hybridized carbons (Fsp3) is 0.500. The van der Waals surface area contributed by atoms with Crippen LogP contribution >= 0.6 is 15.9 Å². The van der Waals surface area contributed by atoms with Gasteiger partial charge in [-0.1, -0.05) is 0 Å². The summed E-state index contributed by atoms with van der Waals surface area (Å²) < 4.78 is 0.902. The minimum Gasteiger partial charge on any atom is -0.395 e. The lowest BCUT2D eigenvalue weighted by Crippen LogP contribution is -2.25. The molecule has 1 heterocycles. The first kappa shape index (κ1) is 12.6. The molecule has 0 bridgehead atoms. The van der Waals surface area contributed by atoms with Crippen molar-refractivity contribution >= 4 is 15.9 Å². The smallest absolute Gasteiger partial charge is 0.109 e. The number of aryl methyl sites for hydroxylation is 1. The van der Waals surface area contributed by atoms with Crippen LogP contribution in [0.5, 0.6) is 0 Å². The highest BCUT2D eigenvalue weighted by Crippen LogP contribution is 2.18. The Morgan fingerprint density at radius 1 is 1.60 bits per heavy atom. The number of hydrogen-bond acceptors (Lipinski definition) is 4. The molecule has 1 aromatic rings. The molecule has 0 aliphatic heterocycles. The number of rotatable bonds is 5. The van der Waals surface area contributed by atoms with Crippen molar-refractivity contribution in [2.75, 3.05) is 19.7 Å². The Hall–Kier alpha value is -0.490. The second-order valence-corrected chi connectivity index (χ2v) is 4.21. The molecule has 0 saturated heterocycles. The van der Waals surface area contributed by atoms with Gasteiger partial charge >= 0.3 is 0 Å². The highest BCUT2D eigenvalue weighted by Gasteiger charge is 2.11. The summed E-state index contributed by atoms with van der Waals surface area (Å²) in [4.78, 5) is 4.16. The van der Waals surface area contributed by atoms with Crippen LogP contribution in [0.4, 0.5) is 0 Å². The van der Waals surface area contributed by atoms with Gasteiger partial charge in [-0.15, -0.1) is 0 Å². The average Bonchev–Trinajstić information content (AvgIpc) is 2.17. The molecule has 1 rings (SSSR count). The monoisotopic (exact) mass is 274 g/mol. The van der Waals surface area contributed by atoms with Gasteiger partial charge in [-0.2, -0.15) is 0 Å². The van der Waals surface area contributed by atoms with Crippen LogP contribution in [0.25, 0.3) is 0 Å². The van der Waals surface area contributed by atoms with Crippen molar-refractivity contribution < 1.29 is 10.2 Å². The molecule has 0 aliphatic carbocycles. The van der Waals surface area contributed by atoms with Gasteiger partial charge in [0, 0.05) is 23.8 Å².